The van der Waals surface area contributed by atoms with Gasteiger partial charge in [-0.05, 0) is 86.9 Å². The van der Waals surface area contributed by atoms with E-state index < -0.39 is 35.9 Å². The highest BCUT2D eigenvalue weighted by atomic mass is 19.4. The number of ether oxygens (including phenoxy) is 3. The summed E-state index contributed by atoms with van der Waals surface area (Å²) in [7, 11) is 0. The molecule has 54 heavy (non-hydrogen) atoms. The van der Waals surface area contributed by atoms with Crippen LogP contribution in [-0.4, -0.2) is 82.3 Å². The molecule has 0 saturated carbocycles. The number of hydrogen-bond acceptors (Lipinski definition) is 8. The van der Waals surface area contributed by atoms with Crippen molar-refractivity contribution in [1.29, 1.82) is 0 Å². The van der Waals surface area contributed by atoms with E-state index in [1.54, 1.807) is 0 Å². The zero-order chi connectivity index (χ0) is 38.6. The van der Waals surface area contributed by atoms with E-state index in [0.29, 0.717) is 24.3 Å². The smallest absolute Gasteiger partial charge is 0.459 e. The molecule has 5 atom stereocenters. The number of halogens is 3. The zero-order valence-corrected chi connectivity index (χ0v) is 30.8. The molecule has 6 rings (SSSR count). The van der Waals surface area contributed by atoms with Crippen molar-refractivity contribution in [2.24, 2.45) is 0 Å². The highest BCUT2D eigenvalue weighted by Gasteiger charge is 2.47. The summed E-state index contributed by atoms with van der Waals surface area (Å²) < 4.78 is 58.0. The second-order valence-electron chi connectivity index (χ2n) is 15.2. The lowest BCUT2D eigenvalue weighted by atomic mass is 9.98. The zero-order valence-electron chi connectivity index (χ0n) is 30.8. The van der Waals surface area contributed by atoms with Crippen molar-refractivity contribution >= 4 is 17.8 Å². The van der Waals surface area contributed by atoms with Crippen molar-refractivity contribution in [3.8, 4) is 11.1 Å². The second-order valence-corrected chi connectivity index (χ2v) is 15.2. The van der Waals surface area contributed by atoms with E-state index >= 15 is 0 Å². The predicted octanol–water partition coefficient (Wildman–Crippen LogP) is 6.37. The molecule has 3 aromatic rings. The molecule has 3 aliphatic rings. The molecule has 0 aliphatic carbocycles. The number of esters is 1. The Bertz CT molecular complexity index is 1780. The molecule has 2 N–H and O–H groups in total. The van der Waals surface area contributed by atoms with E-state index in [0.717, 1.165) is 52.8 Å². The van der Waals surface area contributed by atoms with E-state index in [1.807, 2.05) is 93.6 Å². The van der Waals surface area contributed by atoms with Crippen molar-refractivity contribution in [2.45, 2.75) is 108 Å². The van der Waals surface area contributed by atoms with Crippen LogP contribution < -0.4 is 5.32 Å². The van der Waals surface area contributed by atoms with Crippen molar-refractivity contribution in [2.75, 3.05) is 19.6 Å². The molecule has 10 nitrogen and oxygen atoms in total. The minimum atomic E-state index is -5.03. The van der Waals surface area contributed by atoms with Crippen LogP contribution in [0.3, 0.4) is 0 Å². The molecule has 0 radical (unpaired) electrons. The van der Waals surface area contributed by atoms with Crippen LogP contribution in [-0.2, 0) is 41.7 Å². The number of benzene rings is 3. The van der Waals surface area contributed by atoms with Gasteiger partial charge in [0, 0.05) is 31.6 Å². The van der Waals surface area contributed by atoms with Gasteiger partial charge >= 0.3 is 18.1 Å². The van der Waals surface area contributed by atoms with Crippen LogP contribution in [0.15, 0.2) is 72.8 Å². The first kappa shape index (κ1) is 39.4. The van der Waals surface area contributed by atoms with Crippen molar-refractivity contribution in [3.05, 3.63) is 95.1 Å². The Morgan fingerprint density at radius 3 is 2.22 bits per heavy atom. The Labute approximate surface area is 313 Å². The maximum absolute atomic E-state index is 13.1. The quantitative estimate of drug-likeness (QED) is 0.230. The summed E-state index contributed by atoms with van der Waals surface area (Å²) in [6.07, 6.45) is -3.56. The molecule has 13 heteroatoms. The van der Waals surface area contributed by atoms with Gasteiger partial charge in [0.1, 0.15) is 17.7 Å². The van der Waals surface area contributed by atoms with Crippen LogP contribution in [0.4, 0.5) is 13.2 Å². The number of carbonyl (C=O) groups is 3. The number of nitrogens with zero attached hydrogens (tertiary/aromatic N) is 2. The van der Waals surface area contributed by atoms with Gasteiger partial charge in [0.15, 0.2) is 6.29 Å². The Balaban J connectivity index is 1.14. The number of likely N-dealkylation sites (tertiary alicyclic amines) is 2. The molecular weight excluding hydrogens is 703 g/mol. The van der Waals surface area contributed by atoms with E-state index in [9.17, 15) is 32.7 Å². The number of nitrogens with one attached hydrogen (secondary N) is 1. The summed E-state index contributed by atoms with van der Waals surface area (Å²) >= 11 is 0. The first-order valence-corrected chi connectivity index (χ1v) is 18.5. The Kier molecular flexibility index (Phi) is 12.1. The van der Waals surface area contributed by atoms with Crippen LogP contribution in [0.2, 0.25) is 0 Å². The third-order valence-electron chi connectivity index (χ3n) is 10.1. The minimum Gasteiger partial charge on any atom is -0.459 e. The fourth-order valence-electron chi connectivity index (χ4n) is 7.42. The van der Waals surface area contributed by atoms with Gasteiger partial charge in [0.2, 0.25) is 5.91 Å². The van der Waals surface area contributed by atoms with Crippen molar-refractivity contribution in [3.63, 3.8) is 0 Å². The molecule has 3 aromatic carbocycles. The largest absolute Gasteiger partial charge is 0.471 e. The molecule has 3 heterocycles. The van der Waals surface area contributed by atoms with E-state index in [1.165, 1.54) is 0 Å². The summed E-state index contributed by atoms with van der Waals surface area (Å²) in [4.78, 5) is 40.5. The molecule has 5 unspecified atom stereocenters. The van der Waals surface area contributed by atoms with Crippen LogP contribution in [0.5, 0.6) is 0 Å². The SMILES string of the molecule is CC(C)(C)OC(=O)C1CCCN1CC1CC(c2ccc(CO)cc2)OC(c2ccc(-c3cccc(CNC(=O)C4CCCN4C(=O)C(F)(F)F)c3)cc2)O1. The number of aliphatic hydroxyl groups is 1. The lowest BCUT2D eigenvalue weighted by molar-refractivity contribution is -0.253. The van der Waals surface area contributed by atoms with Gasteiger partial charge in [-0.3, -0.25) is 19.3 Å². The summed E-state index contributed by atoms with van der Waals surface area (Å²) in [6, 6.07) is 21.4. The number of amides is 2. The first-order chi connectivity index (χ1) is 25.7. The van der Waals surface area contributed by atoms with Crippen molar-refractivity contribution in [1.82, 2.24) is 15.1 Å². The fourth-order valence-corrected chi connectivity index (χ4v) is 7.42. The molecule has 3 fully saturated rings. The van der Waals surface area contributed by atoms with Crippen molar-refractivity contribution < 1.29 is 46.9 Å². The number of alkyl halides is 3. The average Bonchev–Trinajstić information content (AvgIpc) is 3.83. The highest BCUT2D eigenvalue weighted by Crippen LogP contribution is 2.39. The summed E-state index contributed by atoms with van der Waals surface area (Å²) in [6.45, 7) is 6.83. The van der Waals surface area contributed by atoms with Gasteiger partial charge in [0.05, 0.1) is 18.8 Å². The fraction of sp³-hybridized carbons (Fsp3) is 0.488. The number of aliphatic hydroxyl groups excluding tert-OH is 1. The first-order valence-electron chi connectivity index (χ1n) is 18.5. The molecule has 0 bridgehead atoms. The lowest BCUT2D eigenvalue weighted by Gasteiger charge is -2.38. The molecular formula is C41H48F3N3O7. The van der Waals surface area contributed by atoms with Crippen LogP contribution in [0.1, 0.15) is 87.5 Å². The molecule has 290 valence electrons. The molecule has 0 aromatic heterocycles. The maximum Gasteiger partial charge on any atom is 0.471 e. The molecule has 2 amide bonds. The van der Waals surface area contributed by atoms with Gasteiger partial charge in [-0.1, -0.05) is 66.7 Å². The standard InChI is InChI=1S/C41H48F3N3O7/c1-40(2,3)54-37(50)34-10-5-19-46(34)24-32-22-35(29-13-11-26(25-48)12-14-29)53-38(52-32)30-17-15-28(16-18-30)31-8-4-7-27(21-31)23-45-36(49)33-9-6-20-47(33)39(51)41(42,43)44/h4,7-8,11-18,21,32-35,38,48H,5-6,9-10,19-20,22-25H2,1-3H3,(H,45,49). The monoisotopic (exact) mass is 751 g/mol. The Morgan fingerprint density at radius 2 is 1.54 bits per heavy atom. The minimum absolute atomic E-state index is 0.0577. The highest BCUT2D eigenvalue weighted by molar-refractivity contribution is 5.90. The predicted molar refractivity (Wildman–Crippen MR) is 193 cm³/mol. The Morgan fingerprint density at radius 1 is 0.852 bits per heavy atom. The normalized spacial score (nSPS) is 23.7. The van der Waals surface area contributed by atoms with Crippen LogP contribution in [0.25, 0.3) is 11.1 Å². The van der Waals surface area contributed by atoms with E-state index in [-0.39, 0.29) is 50.3 Å². The van der Waals surface area contributed by atoms with Crippen LogP contribution in [0, 0.1) is 0 Å². The van der Waals surface area contributed by atoms with E-state index in [2.05, 4.69) is 10.2 Å². The average molecular weight is 752 g/mol. The molecule has 3 saturated heterocycles. The number of hydrogen-bond donors (Lipinski definition) is 2. The summed E-state index contributed by atoms with van der Waals surface area (Å²) in [5, 5.41) is 12.3. The lowest BCUT2D eigenvalue weighted by Crippen LogP contribution is -2.50. The third-order valence-corrected chi connectivity index (χ3v) is 10.1. The Hall–Kier alpha value is -4.30. The number of rotatable bonds is 10. The topological polar surface area (TPSA) is 118 Å². The third kappa shape index (κ3) is 9.67. The number of carbonyl (C=O) groups excluding carboxylic acids is 3. The van der Waals surface area contributed by atoms with Crippen LogP contribution >= 0.6 is 0 Å². The summed E-state index contributed by atoms with van der Waals surface area (Å²) in [5.41, 5.74) is 4.51. The van der Waals surface area contributed by atoms with Gasteiger partial charge in [-0.2, -0.15) is 13.2 Å². The van der Waals surface area contributed by atoms with Gasteiger partial charge < -0.3 is 29.5 Å². The van der Waals surface area contributed by atoms with E-state index in [4.69, 9.17) is 14.2 Å². The molecule has 3 aliphatic heterocycles. The summed E-state index contributed by atoms with van der Waals surface area (Å²) in [5.74, 6) is -2.83. The van der Waals surface area contributed by atoms with Gasteiger partial charge in [0.25, 0.3) is 0 Å². The van der Waals surface area contributed by atoms with Gasteiger partial charge in [-0.25, -0.2) is 0 Å². The second kappa shape index (κ2) is 16.6. The molecule has 0 spiro atoms. The van der Waals surface area contributed by atoms with Gasteiger partial charge in [-0.15, -0.1) is 0 Å². The maximum atomic E-state index is 13.1.